The van der Waals surface area contributed by atoms with Crippen LogP contribution in [0.4, 0.5) is 11.5 Å². The van der Waals surface area contributed by atoms with E-state index in [4.69, 9.17) is 11.6 Å². The van der Waals surface area contributed by atoms with Crippen LogP contribution in [0.5, 0.6) is 0 Å². The zero-order chi connectivity index (χ0) is 13.8. The fraction of sp³-hybridized carbons (Fsp3) is 0.375. The largest absolute Gasteiger partial charge is 0.340 e. The molecule has 1 N–H and O–H groups in total. The Morgan fingerprint density at radius 1 is 1.05 bits per heavy atom. The standard InChI is InChI=1S/C16H18ClN3/c17-10-12-6-4-5-8-14(12)20-16-13-7-2-1-3-9-15(13)18-11-19-16/h4-6,8,11H,1-3,7,9-10H2,(H,18,19,20). The molecule has 0 atom stereocenters. The highest BCUT2D eigenvalue weighted by Gasteiger charge is 2.15. The molecule has 0 fully saturated rings. The summed E-state index contributed by atoms with van der Waals surface area (Å²) >= 11 is 6.00. The van der Waals surface area contributed by atoms with Crippen LogP contribution in [-0.4, -0.2) is 9.97 Å². The molecular formula is C16H18ClN3. The zero-order valence-corrected chi connectivity index (χ0v) is 12.2. The van der Waals surface area contributed by atoms with Gasteiger partial charge in [0.2, 0.25) is 0 Å². The number of nitrogens with zero attached hydrogens (tertiary/aromatic N) is 2. The monoisotopic (exact) mass is 287 g/mol. The highest BCUT2D eigenvalue weighted by Crippen LogP contribution is 2.28. The van der Waals surface area contributed by atoms with Gasteiger partial charge in [-0.2, -0.15) is 0 Å². The predicted molar refractivity (Wildman–Crippen MR) is 82.6 cm³/mol. The van der Waals surface area contributed by atoms with Gasteiger partial charge >= 0.3 is 0 Å². The number of aryl methyl sites for hydroxylation is 1. The summed E-state index contributed by atoms with van der Waals surface area (Å²) in [4.78, 5) is 8.89. The second-order valence-corrected chi connectivity index (χ2v) is 5.39. The van der Waals surface area contributed by atoms with Crippen molar-refractivity contribution in [2.75, 3.05) is 5.32 Å². The van der Waals surface area contributed by atoms with Crippen molar-refractivity contribution >= 4 is 23.1 Å². The van der Waals surface area contributed by atoms with Crippen molar-refractivity contribution in [3.63, 3.8) is 0 Å². The number of rotatable bonds is 3. The van der Waals surface area contributed by atoms with Crippen molar-refractivity contribution in [2.24, 2.45) is 0 Å². The molecule has 3 nitrogen and oxygen atoms in total. The molecule has 1 heterocycles. The van der Waals surface area contributed by atoms with Crippen LogP contribution in [0.3, 0.4) is 0 Å². The molecule has 1 aromatic carbocycles. The van der Waals surface area contributed by atoms with Crippen molar-refractivity contribution < 1.29 is 0 Å². The van der Waals surface area contributed by atoms with E-state index in [-0.39, 0.29) is 0 Å². The van der Waals surface area contributed by atoms with Crippen LogP contribution in [0.2, 0.25) is 0 Å². The third kappa shape index (κ3) is 2.78. The normalized spacial score (nSPS) is 14.4. The van der Waals surface area contributed by atoms with Crippen molar-refractivity contribution in [1.82, 2.24) is 9.97 Å². The zero-order valence-electron chi connectivity index (χ0n) is 11.4. The third-order valence-corrected chi connectivity index (χ3v) is 4.08. The average Bonchev–Trinajstić information content (AvgIpc) is 2.74. The Kier molecular flexibility index (Phi) is 4.16. The number of fused-ring (bicyclic) bond motifs is 1. The maximum atomic E-state index is 6.00. The van der Waals surface area contributed by atoms with Crippen molar-refractivity contribution in [3.8, 4) is 0 Å². The Morgan fingerprint density at radius 2 is 1.90 bits per heavy atom. The van der Waals surface area contributed by atoms with E-state index < -0.39 is 0 Å². The predicted octanol–water partition coefficient (Wildman–Crippen LogP) is 4.23. The smallest absolute Gasteiger partial charge is 0.137 e. The van der Waals surface area contributed by atoms with Crippen molar-refractivity contribution in [2.45, 2.75) is 38.0 Å². The van der Waals surface area contributed by atoms with Gasteiger partial charge in [0.1, 0.15) is 12.1 Å². The molecule has 1 aliphatic carbocycles. The van der Waals surface area contributed by atoms with Crippen LogP contribution in [0.1, 0.15) is 36.1 Å². The molecule has 0 saturated carbocycles. The Balaban J connectivity index is 1.95. The van der Waals surface area contributed by atoms with E-state index in [1.807, 2.05) is 24.3 Å². The molecule has 1 aromatic heterocycles. The summed E-state index contributed by atoms with van der Waals surface area (Å²) in [5, 5.41) is 3.44. The molecule has 2 aromatic rings. The minimum atomic E-state index is 0.496. The van der Waals surface area contributed by atoms with Crippen LogP contribution in [0, 0.1) is 0 Å². The second kappa shape index (κ2) is 6.23. The van der Waals surface area contributed by atoms with Crippen LogP contribution < -0.4 is 5.32 Å². The van der Waals surface area contributed by atoms with Gasteiger partial charge in [0, 0.05) is 22.8 Å². The van der Waals surface area contributed by atoms with E-state index in [0.717, 1.165) is 29.9 Å². The molecule has 1 aliphatic rings. The first-order chi connectivity index (χ1) is 9.88. The minimum Gasteiger partial charge on any atom is -0.340 e. The van der Waals surface area contributed by atoms with Gasteiger partial charge in [-0.15, -0.1) is 11.6 Å². The summed E-state index contributed by atoms with van der Waals surface area (Å²) in [5.41, 5.74) is 4.60. The average molecular weight is 288 g/mol. The number of alkyl halides is 1. The van der Waals surface area contributed by atoms with Gasteiger partial charge in [-0.3, -0.25) is 0 Å². The van der Waals surface area contributed by atoms with Gasteiger partial charge in [0.15, 0.2) is 0 Å². The Bertz CT molecular complexity index is 598. The van der Waals surface area contributed by atoms with E-state index in [1.54, 1.807) is 6.33 Å². The summed E-state index contributed by atoms with van der Waals surface area (Å²) in [6.45, 7) is 0. The molecule has 0 aliphatic heterocycles. The summed E-state index contributed by atoms with van der Waals surface area (Å²) in [7, 11) is 0. The maximum Gasteiger partial charge on any atom is 0.137 e. The molecular weight excluding hydrogens is 270 g/mol. The van der Waals surface area contributed by atoms with Gasteiger partial charge in [-0.1, -0.05) is 24.6 Å². The molecule has 4 heteroatoms. The molecule has 104 valence electrons. The molecule has 0 radical (unpaired) electrons. The number of aromatic nitrogens is 2. The number of nitrogens with one attached hydrogen (secondary N) is 1. The van der Waals surface area contributed by atoms with Crippen LogP contribution in [0.15, 0.2) is 30.6 Å². The first-order valence-electron chi connectivity index (χ1n) is 7.12. The summed E-state index contributed by atoms with van der Waals surface area (Å²) in [5.74, 6) is 1.44. The Hall–Kier alpha value is -1.61. The van der Waals surface area contributed by atoms with Gasteiger partial charge < -0.3 is 5.32 Å². The third-order valence-electron chi connectivity index (χ3n) is 3.79. The molecule has 0 saturated heterocycles. The number of hydrogen-bond acceptors (Lipinski definition) is 3. The lowest BCUT2D eigenvalue weighted by molar-refractivity contribution is 0.709. The Morgan fingerprint density at radius 3 is 2.80 bits per heavy atom. The van der Waals surface area contributed by atoms with Crippen LogP contribution in [-0.2, 0) is 18.7 Å². The van der Waals surface area contributed by atoms with Crippen molar-refractivity contribution in [3.05, 3.63) is 47.4 Å². The summed E-state index contributed by atoms with van der Waals surface area (Å²) < 4.78 is 0. The topological polar surface area (TPSA) is 37.8 Å². The van der Waals surface area contributed by atoms with E-state index in [0.29, 0.717) is 5.88 Å². The SMILES string of the molecule is ClCc1ccccc1Nc1ncnc2c1CCCCC2. The van der Waals surface area contributed by atoms with Gasteiger partial charge in [-0.05, 0) is 37.3 Å². The minimum absolute atomic E-state index is 0.496. The van der Waals surface area contributed by atoms with Gasteiger partial charge in [0.25, 0.3) is 0 Å². The molecule has 0 amide bonds. The fourth-order valence-electron chi connectivity index (χ4n) is 2.69. The van der Waals surface area contributed by atoms with E-state index in [1.165, 1.54) is 30.5 Å². The Labute approximate surface area is 124 Å². The van der Waals surface area contributed by atoms with E-state index in [9.17, 15) is 0 Å². The lowest BCUT2D eigenvalue weighted by Gasteiger charge is -2.14. The summed E-state index contributed by atoms with van der Waals surface area (Å²) in [6, 6.07) is 8.10. The van der Waals surface area contributed by atoms with Crippen LogP contribution >= 0.6 is 11.6 Å². The highest BCUT2D eigenvalue weighted by molar-refractivity contribution is 6.17. The van der Waals surface area contributed by atoms with Crippen molar-refractivity contribution in [1.29, 1.82) is 0 Å². The maximum absolute atomic E-state index is 6.00. The van der Waals surface area contributed by atoms with Gasteiger partial charge in [-0.25, -0.2) is 9.97 Å². The second-order valence-electron chi connectivity index (χ2n) is 5.12. The number of anilines is 2. The lowest BCUT2D eigenvalue weighted by atomic mass is 10.1. The summed E-state index contributed by atoms with van der Waals surface area (Å²) in [6.07, 6.45) is 7.49. The number of benzene rings is 1. The molecule has 3 rings (SSSR count). The lowest BCUT2D eigenvalue weighted by Crippen LogP contribution is -2.05. The first kappa shape index (κ1) is 13.4. The van der Waals surface area contributed by atoms with E-state index in [2.05, 4.69) is 15.3 Å². The first-order valence-corrected chi connectivity index (χ1v) is 7.65. The number of halogens is 1. The number of hydrogen-bond donors (Lipinski definition) is 1. The molecule has 0 spiro atoms. The van der Waals surface area contributed by atoms with Crippen LogP contribution in [0.25, 0.3) is 0 Å². The molecule has 0 bridgehead atoms. The molecule has 20 heavy (non-hydrogen) atoms. The molecule has 0 unspecified atom stereocenters. The number of para-hydroxylation sites is 1. The highest BCUT2D eigenvalue weighted by atomic mass is 35.5. The van der Waals surface area contributed by atoms with E-state index >= 15 is 0 Å². The quantitative estimate of drug-likeness (QED) is 0.678. The van der Waals surface area contributed by atoms with Gasteiger partial charge in [0.05, 0.1) is 0 Å². The fourth-order valence-corrected chi connectivity index (χ4v) is 2.93.